The number of rotatable bonds is 2. The van der Waals surface area contributed by atoms with Crippen molar-refractivity contribution in [2.75, 3.05) is 23.7 Å². The van der Waals surface area contributed by atoms with Gasteiger partial charge in [-0.2, -0.15) is 0 Å². The summed E-state index contributed by atoms with van der Waals surface area (Å²) in [6, 6.07) is 6.26. The quantitative estimate of drug-likeness (QED) is 0.875. The molecule has 4 heteroatoms. The maximum atomic E-state index is 11.9. The van der Waals surface area contributed by atoms with Gasteiger partial charge in [-0.3, -0.25) is 4.79 Å². The fraction of sp³-hybridized carbons (Fsp3) is 0.462. The minimum atomic E-state index is 0.0136. The molecule has 0 saturated carbocycles. The number of benzene rings is 1. The topological polar surface area (TPSA) is 46.3 Å². The third-order valence-electron chi connectivity index (χ3n) is 2.97. The third-order valence-corrected chi connectivity index (χ3v) is 4.00. The lowest BCUT2D eigenvalue weighted by Gasteiger charge is -2.31. The van der Waals surface area contributed by atoms with Gasteiger partial charge >= 0.3 is 0 Å². The van der Waals surface area contributed by atoms with E-state index in [1.807, 2.05) is 16.7 Å². The van der Waals surface area contributed by atoms with Gasteiger partial charge in [0.15, 0.2) is 0 Å². The van der Waals surface area contributed by atoms with Crippen LogP contribution < -0.4 is 10.6 Å². The van der Waals surface area contributed by atoms with Gasteiger partial charge in [0.05, 0.1) is 12.2 Å². The van der Waals surface area contributed by atoms with Crippen LogP contribution in [0.5, 0.6) is 0 Å². The molecular weight excluding hydrogens is 232 g/mol. The number of carbonyl (C=O) groups excluding carboxylic acids is 1. The fourth-order valence-electron chi connectivity index (χ4n) is 2.13. The second-order valence-electron chi connectivity index (χ2n) is 4.45. The van der Waals surface area contributed by atoms with Crippen molar-refractivity contribution < 1.29 is 4.79 Å². The van der Waals surface area contributed by atoms with Crippen molar-refractivity contribution in [2.45, 2.75) is 24.7 Å². The van der Waals surface area contributed by atoms with Crippen molar-refractivity contribution in [1.82, 2.24) is 0 Å². The first kappa shape index (κ1) is 12.5. The monoisotopic (exact) mass is 250 g/mol. The van der Waals surface area contributed by atoms with Crippen molar-refractivity contribution in [3.63, 3.8) is 0 Å². The normalized spacial score (nSPS) is 14.9. The Morgan fingerprint density at radius 2 is 2.29 bits per heavy atom. The summed E-state index contributed by atoms with van der Waals surface area (Å²) in [5.74, 6) is 1.37. The Balaban J connectivity index is 2.50. The van der Waals surface area contributed by atoms with Gasteiger partial charge in [-0.15, -0.1) is 11.8 Å². The molecule has 0 aliphatic carbocycles. The first-order valence-corrected chi connectivity index (χ1v) is 6.90. The van der Waals surface area contributed by atoms with Crippen molar-refractivity contribution in [2.24, 2.45) is 5.73 Å². The Labute approximate surface area is 106 Å². The highest BCUT2D eigenvalue weighted by Gasteiger charge is 2.25. The number of hydrogen-bond acceptors (Lipinski definition) is 3. The van der Waals surface area contributed by atoms with Crippen molar-refractivity contribution in [3.05, 3.63) is 23.8 Å². The first-order valence-electron chi connectivity index (χ1n) is 5.91. The first-order chi connectivity index (χ1) is 8.15. The van der Waals surface area contributed by atoms with Gasteiger partial charge in [0.1, 0.15) is 0 Å². The van der Waals surface area contributed by atoms with Crippen molar-refractivity contribution >= 4 is 23.4 Å². The maximum absolute atomic E-state index is 11.9. The predicted octanol–water partition coefficient (Wildman–Crippen LogP) is 2.21. The van der Waals surface area contributed by atoms with Gasteiger partial charge in [0, 0.05) is 17.2 Å². The number of nitrogens with two attached hydrogens (primary N) is 1. The zero-order chi connectivity index (χ0) is 12.4. The Morgan fingerprint density at radius 1 is 1.53 bits per heavy atom. The van der Waals surface area contributed by atoms with Crippen LogP contribution in [0.3, 0.4) is 0 Å². The highest BCUT2D eigenvalue weighted by molar-refractivity contribution is 7.99. The van der Waals surface area contributed by atoms with Crippen LogP contribution in [0, 0.1) is 0 Å². The van der Waals surface area contributed by atoms with E-state index < -0.39 is 0 Å². The summed E-state index contributed by atoms with van der Waals surface area (Å²) in [5.41, 5.74) is 7.80. The summed E-state index contributed by atoms with van der Waals surface area (Å²) in [4.78, 5) is 14.9. The average Bonchev–Trinajstić information content (AvgIpc) is 2.36. The second kappa shape index (κ2) is 5.10. The average molecular weight is 250 g/mol. The van der Waals surface area contributed by atoms with Gasteiger partial charge in [0.2, 0.25) is 5.91 Å². The molecule has 2 rings (SSSR count). The van der Waals surface area contributed by atoms with Gasteiger partial charge < -0.3 is 10.6 Å². The molecule has 2 N–H and O–H groups in total. The number of hydrogen-bond donors (Lipinski definition) is 1. The predicted molar refractivity (Wildman–Crippen MR) is 72.7 cm³/mol. The smallest absolute Gasteiger partial charge is 0.240 e. The molecule has 92 valence electrons. The number of anilines is 1. The fourth-order valence-corrected chi connectivity index (χ4v) is 3.16. The number of carbonyl (C=O) groups is 1. The molecular formula is C13H18N2OS. The van der Waals surface area contributed by atoms with Crippen LogP contribution >= 0.6 is 11.8 Å². The number of amides is 1. The molecule has 1 heterocycles. The lowest BCUT2D eigenvalue weighted by Crippen LogP contribution is -2.40. The van der Waals surface area contributed by atoms with E-state index in [-0.39, 0.29) is 12.5 Å². The molecule has 1 aliphatic rings. The summed E-state index contributed by atoms with van der Waals surface area (Å²) in [7, 11) is 0. The molecule has 1 aromatic carbocycles. The van der Waals surface area contributed by atoms with Crippen LogP contribution in [0.1, 0.15) is 25.3 Å². The molecule has 3 nitrogen and oxygen atoms in total. The SMILES string of the molecule is CC(C)c1cccc2c1N(C(=O)CN)CCS2. The third kappa shape index (κ3) is 2.33. The number of para-hydroxylation sites is 1. The van der Waals surface area contributed by atoms with Crippen LogP contribution in [0.25, 0.3) is 0 Å². The standard InChI is InChI=1S/C13H18N2OS/c1-9(2)10-4-3-5-11-13(10)15(6-7-17-11)12(16)8-14/h3-5,9H,6-8,14H2,1-2H3. The molecule has 0 atom stereocenters. The van der Waals surface area contributed by atoms with E-state index in [1.165, 1.54) is 10.5 Å². The zero-order valence-corrected chi connectivity index (χ0v) is 11.1. The molecule has 0 bridgehead atoms. The van der Waals surface area contributed by atoms with Gasteiger partial charge in [-0.1, -0.05) is 26.0 Å². The Hall–Kier alpha value is -1.000. The van der Waals surface area contributed by atoms with E-state index in [2.05, 4.69) is 32.0 Å². The zero-order valence-electron chi connectivity index (χ0n) is 10.3. The largest absolute Gasteiger partial charge is 0.322 e. The molecule has 0 radical (unpaired) electrons. The summed E-state index contributed by atoms with van der Waals surface area (Å²) in [6.45, 7) is 5.15. The maximum Gasteiger partial charge on any atom is 0.240 e. The minimum absolute atomic E-state index is 0.0136. The molecule has 1 amide bonds. The second-order valence-corrected chi connectivity index (χ2v) is 5.58. The van der Waals surface area contributed by atoms with E-state index in [4.69, 9.17) is 5.73 Å². The Kier molecular flexibility index (Phi) is 3.74. The highest BCUT2D eigenvalue weighted by Crippen LogP contribution is 2.40. The Bertz CT molecular complexity index is 431. The summed E-state index contributed by atoms with van der Waals surface area (Å²) in [5, 5.41) is 0. The van der Waals surface area contributed by atoms with E-state index in [0.717, 1.165) is 18.0 Å². The summed E-state index contributed by atoms with van der Waals surface area (Å²) < 4.78 is 0. The summed E-state index contributed by atoms with van der Waals surface area (Å²) >= 11 is 1.82. The van der Waals surface area contributed by atoms with E-state index in [0.29, 0.717) is 5.92 Å². The molecule has 0 unspecified atom stereocenters. The van der Waals surface area contributed by atoms with Crippen LogP contribution in [0.15, 0.2) is 23.1 Å². The van der Waals surface area contributed by atoms with Crippen LogP contribution in [-0.2, 0) is 4.79 Å². The highest BCUT2D eigenvalue weighted by atomic mass is 32.2. The Morgan fingerprint density at radius 3 is 2.94 bits per heavy atom. The molecule has 0 aromatic heterocycles. The molecule has 1 aromatic rings. The van der Waals surface area contributed by atoms with E-state index in [1.54, 1.807) is 0 Å². The lowest BCUT2D eigenvalue weighted by molar-refractivity contribution is -0.117. The van der Waals surface area contributed by atoms with Gasteiger partial charge in [-0.25, -0.2) is 0 Å². The molecule has 0 spiro atoms. The van der Waals surface area contributed by atoms with Gasteiger partial charge in [0.25, 0.3) is 0 Å². The summed E-state index contributed by atoms with van der Waals surface area (Å²) in [6.07, 6.45) is 0. The van der Waals surface area contributed by atoms with E-state index in [9.17, 15) is 4.79 Å². The minimum Gasteiger partial charge on any atom is -0.322 e. The molecule has 1 aliphatic heterocycles. The van der Waals surface area contributed by atoms with Crippen LogP contribution in [-0.4, -0.2) is 24.7 Å². The van der Waals surface area contributed by atoms with Gasteiger partial charge in [-0.05, 0) is 17.5 Å². The van der Waals surface area contributed by atoms with Crippen LogP contribution in [0.2, 0.25) is 0 Å². The number of thioether (sulfide) groups is 1. The van der Waals surface area contributed by atoms with Crippen molar-refractivity contribution in [3.8, 4) is 0 Å². The molecule has 0 fully saturated rings. The van der Waals surface area contributed by atoms with E-state index >= 15 is 0 Å². The lowest BCUT2D eigenvalue weighted by atomic mass is 10.00. The van der Waals surface area contributed by atoms with Crippen molar-refractivity contribution in [1.29, 1.82) is 0 Å². The number of nitrogens with zero attached hydrogens (tertiary/aromatic N) is 1. The molecule has 17 heavy (non-hydrogen) atoms. The molecule has 0 saturated heterocycles. The number of fused-ring (bicyclic) bond motifs is 1. The van der Waals surface area contributed by atoms with Crippen LogP contribution in [0.4, 0.5) is 5.69 Å².